The number of hydrogen-bond donors (Lipinski definition) is 1. The van der Waals surface area contributed by atoms with Crippen molar-refractivity contribution < 1.29 is 0 Å². The molecule has 1 atom stereocenters. The number of nitrogens with zero attached hydrogens (tertiary/aromatic N) is 5. The molecule has 0 spiro atoms. The van der Waals surface area contributed by atoms with Crippen LogP contribution in [0.5, 0.6) is 0 Å². The number of aromatic nitrogens is 2. The van der Waals surface area contributed by atoms with Crippen molar-refractivity contribution in [3.8, 4) is 0 Å². The van der Waals surface area contributed by atoms with Crippen molar-refractivity contribution in [2.75, 3.05) is 39.6 Å². The summed E-state index contributed by atoms with van der Waals surface area (Å²) in [5.74, 6) is 1.73. The summed E-state index contributed by atoms with van der Waals surface area (Å²) in [6.07, 6.45) is 3.85. The Balaban J connectivity index is 1.67. The summed E-state index contributed by atoms with van der Waals surface area (Å²) in [6, 6.07) is 14.9. The van der Waals surface area contributed by atoms with E-state index in [2.05, 4.69) is 103 Å². The molecule has 1 aliphatic rings. The number of likely N-dealkylation sites (N-methyl/N-ethyl adjacent to an activating group) is 1. The standard InChI is InChI=1S/C26H34N6S/c1-26(13-6-16-33-26)25(27)28-20-9-12-23-22(18-20)29-24(32(23)15-14-30(2)3)17-19-7-10-21(11-8-19)31(4)5/h6-12,16,18H,13-15,17H2,1-5H3,(H2,27,28). The van der Waals surface area contributed by atoms with E-state index < -0.39 is 0 Å². The maximum absolute atomic E-state index is 6.40. The van der Waals surface area contributed by atoms with Gasteiger partial charge in [-0.3, -0.25) is 0 Å². The minimum absolute atomic E-state index is 0.163. The molecule has 0 fully saturated rings. The third kappa shape index (κ3) is 5.25. The first-order chi connectivity index (χ1) is 15.7. The first kappa shape index (κ1) is 23.4. The Morgan fingerprint density at radius 2 is 1.91 bits per heavy atom. The molecule has 2 N–H and O–H groups in total. The number of hydrogen-bond acceptors (Lipinski definition) is 5. The van der Waals surface area contributed by atoms with Gasteiger partial charge in [-0.2, -0.15) is 0 Å². The average molecular weight is 463 g/mol. The molecule has 0 radical (unpaired) electrons. The molecule has 1 aromatic heterocycles. The van der Waals surface area contributed by atoms with Gasteiger partial charge < -0.3 is 20.1 Å². The van der Waals surface area contributed by atoms with Crippen LogP contribution in [-0.2, 0) is 13.0 Å². The third-order valence-electron chi connectivity index (χ3n) is 6.12. The first-order valence-corrected chi connectivity index (χ1v) is 12.2. The number of nitrogens with two attached hydrogens (primary N) is 1. The van der Waals surface area contributed by atoms with Crippen molar-refractivity contribution in [2.24, 2.45) is 10.7 Å². The summed E-state index contributed by atoms with van der Waals surface area (Å²) in [6.45, 7) is 3.98. The Bertz CT molecular complexity index is 1170. The van der Waals surface area contributed by atoms with E-state index in [-0.39, 0.29) is 4.75 Å². The van der Waals surface area contributed by atoms with Crippen LogP contribution in [0.3, 0.4) is 0 Å². The van der Waals surface area contributed by atoms with Gasteiger partial charge in [0.25, 0.3) is 0 Å². The zero-order valence-electron chi connectivity index (χ0n) is 20.2. The topological polar surface area (TPSA) is 62.7 Å². The van der Waals surface area contributed by atoms with E-state index in [4.69, 9.17) is 15.7 Å². The summed E-state index contributed by atoms with van der Waals surface area (Å²) in [7, 11) is 8.32. The van der Waals surface area contributed by atoms with E-state index in [0.29, 0.717) is 5.84 Å². The van der Waals surface area contributed by atoms with E-state index in [1.165, 1.54) is 11.3 Å². The van der Waals surface area contributed by atoms with Gasteiger partial charge in [-0.25, -0.2) is 9.98 Å². The predicted octanol–water partition coefficient (Wildman–Crippen LogP) is 4.65. The van der Waals surface area contributed by atoms with E-state index in [1.54, 1.807) is 11.8 Å². The Morgan fingerprint density at radius 3 is 2.55 bits per heavy atom. The molecule has 6 nitrogen and oxygen atoms in total. The van der Waals surface area contributed by atoms with Gasteiger partial charge in [0.15, 0.2) is 0 Å². The monoisotopic (exact) mass is 462 g/mol. The summed E-state index contributed by atoms with van der Waals surface area (Å²) in [4.78, 5) is 14.1. The van der Waals surface area contributed by atoms with Crippen LogP contribution in [0.4, 0.5) is 11.4 Å². The predicted molar refractivity (Wildman–Crippen MR) is 143 cm³/mol. The van der Waals surface area contributed by atoms with Gasteiger partial charge in [0.1, 0.15) is 11.7 Å². The molecular formula is C26H34N6S. The quantitative estimate of drug-likeness (QED) is 0.390. The third-order valence-corrected chi connectivity index (χ3v) is 7.34. The fourth-order valence-electron chi connectivity index (χ4n) is 3.96. The second-order valence-electron chi connectivity index (χ2n) is 9.32. The van der Waals surface area contributed by atoms with Crippen molar-refractivity contribution in [2.45, 2.75) is 31.1 Å². The Labute approximate surface area is 201 Å². The average Bonchev–Trinajstić information content (AvgIpc) is 3.36. The van der Waals surface area contributed by atoms with E-state index in [1.807, 2.05) is 0 Å². The fraction of sp³-hybridized carbons (Fsp3) is 0.385. The molecule has 1 unspecified atom stereocenters. The fourth-order valence-corrected chi connectivity index (χ4v) is 4.81. The van der Waals surface area contributed by atoms with E-state index in [9.17, 15) is 0 Å². The molecule has 3 aromatic rings. The van der Waals surface area contributed by atoms with Crippen molar-refractivity contribution in [3.63, 3.8) is 0 Å². The lowest BCUT2D eigenvalue weighted by Gasteiger charge is -2.21. The number of fused-ring (bicyclic) bond motifs is 1. The Hall–Kier alpha value is -2.77. The molecule has 7 heteroatoms. The van der Waals surface area contributed by atoms with Gasteiger partial charge in [-0.15, -0.1) is 11.8 Å². The van der Waals surface area contributed by atoms with Crippen molar-refractivity contribution in [1.29, 1.82) is 0 Å². The highest BCUT2D eigenvalue weighted by atomic mass is 32.2. The van der Waals surface area contributed by atoms with Gasteiger partial charge in [0.2, 0.25) is 0 Å². The summed E-state index contributed by atoms with van der Waals surface area (Å²) < 4.78 is 2.17. The van der Waals surface area contributed by atoms with Crippen LogP contribution in [-0.4, -0.2) is 59.8 Å². The maximum atomic E-state index is 6.40. The highest BCUT2D eigenvalue weighted by Crippen LogP contribution is 2.37. The molecule has 174 valence electrons. The number of anilines is 1. The molecule has 0 amide bonds. The summed E-state index contributed by atoms with van der Waals surface area (Å²) >= 11 is 1.73. The molecule has 0 saturated heterocycles. The largest absolute Gasteiger partial charge is 0.386 e. The molecular weight excluding hydrogens is 428 g/mol. The minimum Gasteiger partial charge on any atom is -0.386 e. The van der Waals surface area contributed by atoms with Crippen LogP contribution in [0, 0.1) is 0 Å². The molecule has 0 bridgehead atoms. The zero-order valence-corrected chi connectivity index (χ0v) is 21.1. The number of allylic oxidation sites excluding steroid dienone is 1. The molecule has 1 aliphatic heterocycles. The molecule has 4 rings (SSSR count). The maximum Gasteiger partial charge on any atom is 0.116 e. The smallest absolute Gasteiger partial charge is 0.116 e. The van der Waals surface area contributed by atoms with Crippen molar-refractivity contribution in [3.05, 3.63) is 65.3 Å². The van der Waals surface area contributed by atoms with Crippen LogP contribution >= 0.6 is 11.8 Å². The van der Waals surface area contributed by atoms with Crippen LogP contribution in [0.1, 0.15) is 24.7 Å². The van der Waals surface area contributed by atoms with Crippen LogP contribution in [0.25, 0.3) is 11.0 Å². The van der Waals surface area contributed by atoms with E-state index >= 15 is 0 Å². The minimum atomic E-state index is -0.163. The summed E-state index contributed by atoms with van der Waals surface area (Å²) in [5.41, 5.74) is 11.8. The molecule has 33 heavy (non-hydrogen) atoms. The molecule has 2 aromatic carbocycles. The SMILES string of the molecule is CN(C)CCn1c(Cc2ccc(N(C)C)cc2)nc2cc(N=C(N)C3(C)CC=CS3)ccc21. The van der Waals surface area contributed by atoms with Crippen molar-refractivity contribution in [1.82, 2.24) is 14.5 Å². The Kier molecular flexibility index (Phi) is 6.81. The molecule has 0 saturated carbocycles. The molecule has 0 aliphatic carbocycles. The van der Waals surface area contributed by atoms with Crippen molar-refractivity contribution >= 4 is 40.0 Å². The van der Waals surface area contributed by atoms with Gasteiger partial charge in [0.05, 0.1) is 21.5 Å². The normalized spacial score (nSPS) is 18.5. The lowest BCUT2D eigenvalue weighted by molar-refractivity contribution is 0.384. The number of thioether (sulfide) groups is 1. The lowest BCUT2D eigenvalue weighted by Crippen LogP contribution is -2.35. The highest BCUT2D eigenvalue weighted by molar-refractivity contribution is 8.04. The van der Waals surface area contributed by atoms with E-state index in [0.717, 1.165) is 48.5 Å². The number of amidine groups is 1. The number of imidazole rings is 1. The lowest BCUT2D eigenvalue weighted by atomic mass is 10.1. The van der Waals surface area contributed by atoms with Gasteiger partial charge >= 0.3 is 0 Å². The second-order valence-corrected chi connectivity index (χ2v) is 10.7. The number of benzene rings is 2. The second kappa shape index (κ2) is 9.61. The Morgan fingerprint density at radius 1 is 1.15 bits per heavy atom. The first-order valence-electron chi connectivity index (χ1n) is 11.3. The van der Waals surface area contributed by atoms with Crippen LogP contribution < -0.4 is 10.6 Å². The number of aliphatic imine (C=N–C) groups is 1. The zero-order chi connectivity index (χ0) is 23.6. The highest BCUT2D eigenvalue weighted by Gasteiger charge is 2.30. The van der Waals surface area contributed by atoms with Gasteiger partial charge in [0, 0.05) is 39.3 Å². The van der Waals surface area contributed by atoms with Crippen LogP contribution in [0.2, 0.25) is 0 Å². The van der Waals surface area contributed by atoms with Gasteiger partial charge in [-0.05, 0) is 68.7 Å². The van der Waals surface area contributed by atoms with Crippen LogP contribution in [0.15, 0.2) is 58.9 Å². The number of rotatable bonds is 8. The molecule has 2 heterocycles. The van der Waals surface area contributed by atoms with Gasteiger partial charge in [-0.1, -0.05) is 18.2 Å². The summed E-state index contributed by atoms with van der Waals surface area (Å²) in [5, 5.41) is 2.11.